The molecule has 1 aromatic carbocycles. The number of esters is 1. The highest BCUT2D eigenvalue weighted by molar-refractivity contribution is 5.82. The summed E-state index contributed by atoms with van der Waals surface area (Å²) in [6.45, 7) is 0. The van der Waals surface area contributed by atoms with Crippen molar-refractivity contribution in [3.8, 4) is 0 Å². The molecule has 0 spiro atoms. The molecule has 16 heavy (non-hydrogen) atoms. The smallest absolute Gasteiger partial charge is 0.330 e. The summed E-state index contributed by atoms with van der Waals surface area (Å²) in [5.41, 5.74) is 1.37. The quantitative estimate of drug-likeness (QED) is 0.707. The lowest BCUT2D eigenvalue weighted by Gasteiger charge is -2.18. The van der Waals surface area contributed by atoms with Crippen LogP contribution in [0.4, 0.5) is 0 Å². The number of cyclic esters (lactones) is 1. The summed E-state index contributed by atoms with van der Waals surface area (Å²) in [4.78, 5) is 11.1. The highest BCUT2D eigenvalue weighted by Gasteiger charge is 2.45. The van der Waals surface area contributed by atoms with Gasteiger partial charge in [-0.05, 0) is 17.9 Å². The zero-order chi connectivity index (χ0) is 11.0. The fraction of sp³-hybridized carbons (Fsp3) is 0.357. The van der Waals surface area contributed by atoms with Crippen molar-refractivity contribution in [1.29, 1.82) is 0 Å². The lowest BCUT2D eigenvalue weighted by atomic mass is 10.0. The lowest BCUT2D eigenvalue weighted by molar-refractivity contribution is -0.145. The standard InChI is InChI=1S/C14H14O2/c15-14-8-4-7-13(16-14)12-9-11(12)10-5-2-1-3-6-10/h1-6,8,11-13H,7,9H2/t11-,12+,13+/m1/s1. The second kappa shape index (κ2) is 3.78. The average Bonchev–Trinajstić information content (AvgIpc) is 3.10. The predicted octanol–water partition coefficient (Wildman–Crippen LogP) is 2.66. The van der Waals surface area contributed by atoms with Crippen molar-refractivity contribution < 1.29 is 9.53 Å². The van der Waals surface area contributed by atoms with E-state index in [4.69, 9.17) is 4.74 Å². The Morgan fingerprint density at radius 2 is 2.00 bits per heavy atom. The van der Waals surface area contributed by atoms with Crippen LogP contribution < -0.4 is 0 Å². The van der Waals surface area contributed by atoms with Gasteiger partial charge in [-0.15, -0.1) is 0 Å². The third-order valence-corrected chi connectivity index (χ3v) is 3.43. The zero-order valence-corrected chi connectivity index (χ0v) is 9.00. The second-order valence-corrected chi connectivity index (χ2v) is 4.53. The maximum atomic E-state index is 11.1. The fourth-order valence-corrected chi connectivity index (χ4v) is 2.51. The van der Waals surface area contributed by atoms with Crippen LogP contribution in [0.25, 0.3) is 0 Å². The van der Waals surface area contributed by atoms with E-state index in [1.165, 1.54) is 11.6 Å². The number of carbonyl (C=O) groups is 1. The van der Waals surface area contributed by atoms with Crippen LogP contribution >= 0.6 is 0 Å². The summed E-state index contributed by atoms with van der Waals surface area (Å²) in [6, 6.07) is 10.5. The van der Waals surface area contributed by atoms with E-state index in [1.54, 1.807) is 0 Å². The summed E-state index contributed by atoms with van der Waals surface area (Å²) < 4.78 is 5.34. The lowest BCUT2D eigenvalue weighted by Crippen LogP contribution is -2.22. The van der Waals surface area contributed by atoms with Gasteiger partial charge in [0.1, 0.15) is 6.10 Å². The van der Waals surface area contributed by atoms with Crippen LogP contribution in [0.1, 0.15) is 24.3 Å². The van der Waals surface area contributed by atoms with Gasteiger partial charge in [0.25, 0.3) is 0 Å². The van der Waals surface area contributed by atoms with Crippen LogP contribution in [-0.2, 0) is 9.53 Å². The van der Waals surface area contributed by atoms with E-state index in [0.717, 1.165) is 12.8 Å². The summed E-state index contributed by atoms with van der Waals surface area (Å²) in [6.07, 6.45) is 5.57. The Labute approximate surface area is 94.9 Å². The number of benzene rings is 1. The Bertz CT molecular complexity index is 422. The Balaban J connectivity index is 1.68. The van der Waals surface area contributed by atoms with Gasteiger partial charge in [-0.2, -0.15) is 0 Å². The van der Waals surface area contributed by atoms with E-state index in [2.05, 4.69) is 24.3 Å². The van der Waals surface area contributed by atoms with Crippen LogP contribution in [0.5, 0.6) is 0 Å². The minimum absolute atomic E-state index is 0.0997. The third-order valence-electron chi connectivity index (χ3n) is 3.43. The molecule has 2 heteroatoms. The fourth-order valence-electron chi connectivity index (χ4n) is 2.51. The number of ether oxygens (including phenoxy) is 1. The first kappa shape index (κ1) is 9.64. The minimum atomic E-state index is -0.185. The van der Waals surface area contributed by atoms with Gasteiger partial charge in [-0.25, -0.2) is 4.79 Å². The highest BCUT2D eigenvalue weighted by Crippen LogP contribution is 2.51. The maximum absolute atomic E-state index is 11.1. The Morgan fingerprint density at radius 3 is 2.75 bits per heavy atom. The topological polar surface area (TPSA) is 26.3 Å². The molecule has 3 atom stereocenters. The van der Waals surface area contributed by atoms with Crippen molar-refractivity contribution in [3.05, 3.63) is 48.0 Å². The molecule has 0 radical (unpaired) electrons. The number of hydrogen-bond acceptors (Lipinski definition) is 2. The zero-order valence-electron chi connectivity index (χ0n) is 9.00. The molecular formula is C14H14O2. The first-order chi connectivity index (χ1) is 7.84. The third kappa shape index (κ3) is 1.75. The average molecular weight is 214 g/mol. The van der Waals surface area contributed by atoms with Crippen LogP contribution in [0.3, 0.4) is 0 Å². The van der Waals surface area contributed by atoms with Gasteiger partial charge in [0, 0.05) is 18.4 Å². The molecule has 2 aliphatic rings. The van der Waals surface area contributed by atoms with Crippen molar-refractivity contribution in [3.63, 3.8) is 0 Å². The van der Waals surface area contributed by atoms with Crippen molar-refractivity contribution in [2.75, 3.05) is 0 Å². The number of hydrogen-bond donors (Lipinski definition) is 0. The molecule has 1 aliphatic heterocycles. The molecular weight excluding hydrogens is 200 g/mol. The molecule has 1 fully saturated rings. The van der Waals surface area contributed by atoms with E-state index >= 15 is 0 Å². The van der Waals surface area contributed by atoms with Gasteiger partial charge in [0.2, 0.25) is 0 Å². The van der Waals surface area contributed by atoms with Crippen LogP contribution in [-0.4, -0.2) is 12.1 Å². The highest BCUT2D eigenvalue weighted by atomic mass is 16.5. The molecule has 1 aliphatic carbocycles. The largest absolute Gasteiger partial charge is 0.459 e. The minimum Gasteiger partial charge on any atom is -0.459 e. The van der Waals surface area contributed by atoms with Gasteiger partial charge < -0.3 is 4.74 Å². The molecule has 3 rings (SSSR count). The van der Waals surface area contributed by atoms with E-state index in [-0.39, 0.29) is 12.1 Å². The summed E-state index contributed by atoms with van der Waals surface area (Å²) in [5.74, 6) is 0.928. The molecule has 0 amide bonds. The van der Waals surface area contributed by atoms with E-state index in [9.17, 15) is 4.79 Å². The number of carbonyl (C=O) groups excluding carboxylic acids is 1. The molecule has 1 aromatic rings. The van der Waals surface area contributed by atoms with Gasteiger partial charge >= 0.3 is 5.97 Å². The maximum Gasteiger partial charge on any atom is 0.330 e. The molecule has 0 unspecified atom stereocenters. The van der Waals surface area contributed by atoms with E-state index in [1.807, 2.05) is 12.1 Å². The first-order valence-electron chi connectivity index (χ1n) is 5.76. The molecule has 1 saturated carbocycles. The summed E-state index contributed by atoms with van der Waals surface area (Å²) >= 11 is 0. The van der Waals surface area contributed by atoms with Gasteiger partial charge in [0.05, 0.1) is 0 Å². The van der Waals surface area contributed by atoms with Crippen molar-refractivity contribution in [1.82, 2.24) is 0 Å². The van der Waals surface area contributed by atoms with E-state index < -0.39 is 0 Å². The van der Waals surface area contributed by atoms with Gasteiger partial charge in [-0.3, -0.25) is 0 Å². The molecule has 1 heterocycles. The molecule has 0 saturated heterocycles. The monoisotopic (exact) mass is 214 g/mol. The Morgan fingerprint density at radius 1 is 1.19 bits per heavy atom. The Hall–Kier alpha value is -1.57. The van der Waals surface area contributed by atoms with Crippen LogP contribution in [0.15, 0.2) is 42.5 Å². The second-order valence-electron chi connectivity index (χ2n) is 4.53. The molecule has 2 nitrogen and oxygen atoms in total. The van der Waals surface area contributed by atoms with Crippen LogP contribution in [0, 0.1) is 5.92 Å². The molecule has 82 valence electrons. The first-order valence-corrected chi connectivity index (χ1v) is 5.76. The van der Waals surface area contributed by atoms with Crippen molar-refractivity contribution in [2.24, 2.45) is 5.92 Å². The van der Waals surface area contributed by atoms with Crippen LogP contribution in [0.2, 0.25) is 0 Å². The molecule has 0 N–H and O–H groups in total. The van der Waals surface area contributed by atoms with Gasteiger partial charge in [-0.1, -0.05) is 36.4 Å². The molecule has 0 bridgehead atoms. The SMILES string of the molecule is O=C1C=CC[C@@H]([C@H]2C[C@@H]2c2ccccc2)O1. The normalized spacial score (nSPS) is 32.2. The predicted molar refractivity (Wildman–Crippen MR) is 60.9 cm³/mol. The van der Waals surface area contributed by atoms with Crippen molar-refractivity contribution >= 4 is 5.97 Å². The summed E-state index contributed by atoms with van der Waals surface area (Å²) in [5, 5.41) is 0. The van der Waals surface area contributed by atoms with E-state index in [0.29, 0.717) is 11.8 Å². The van der Waals surface area contributed by atoms with Crippen molar-refractivity contribution in [2.45, 2.75) is 24.9 Å². The summed E-state index contributed by atoms with van der Waals surface area (Å²) in [7, 11) is 0. The number of rotatable bonds is 2. The molecule has 0 aromatic heterocycles. The van der Waals surface area contributed by atoms with Gasteiger partial charge in [0.15, 0.2) is 0 Å². The Kier molecular flexibility index (Phi) is 2.28.